The lowest BCUT2D eigenvalue weighted by atomic mass is 10.2. The fourth-order valence-corrected chi connectivity index (χ4v) is 2.72. The van der Waals surface area contributed by atoms with Gasteiger partial charge in [-0.2, -0.15) is 0 Å². The quantitative estimate of drug-likeness (QED) is 0.717. The van der Waals surface area contributed by atoms with Crippen molar-refractivity contribution in [3.05, 3.63) is 0 Å². The predicted octanol–water partition coefficient (Wildman–Crippen LogP) is 1.24. The summed E-state index contributed by atoms with van der Waals surface area (Å²) in [5.74, 6) is 0. The van der Waals surface area contributed by atoms with E-state index in [1.165, 1.54) is 0 Å². The molecule has 0 saturated carbocycles. The van der Waals surface area contributed by atoms with E-state index in [0.29, 0.717) is 6.04 Å². The molecule has 2 rings (SSSR count). The second kappa shape index (κ2) is 5.67. The Balaban J connectivity index is 1.81. The first kappa shape index (κ1) is 14.6. The zero-order valence-corrected chi connectivity index (χ0v) is 12.7. The van der Waals surface area contributed by atoms with Crippen LogP contribution in [0.25, 0.3) is 0 Å². The highest BCUT2D eigenvalue weighted by atomic mass is 16.6. The summed E-state index contributed by atoms with van der Waals surface area (Å²) in [5.41, 5.74) is -0.400. The molecular formula is C14H27N3O2. The van der Waals surface area contributed by atoms with Gasteiger partial charge in [-0.1, -0.05) is 0 Å². The smallest absolute Gasteiger partial charge is 0.410 e. The normalized spacial score (nSPS) is 26.7. The van der Waals surface area contributed by atoms with Crippen molar-refractivity contribution >= 4 is 6.09 Å². The highest BCUT2D eigenvalue weighted by molar-refractivity contribution is 5.68. The summed E-state index contributed by atoms with van der Waals surface area (Å²) in [4.78, 5) is 18.8. The Hall–Kier alpha value is -0.810. The number of amides is 1. The zero-order chi connectivity index (χ0) is 14.0. The van der Waals surface area contributed by atoms with Crippen molar-refractivity contribution in [2.24, 2.45) is 0 Å². The van der Waals surface area contributed by atoms with Crippen molar-refractivity contribution in [3.8, 4) is 0 Å². The highest BCUT2D eigenvalue weighted by Crippen LogP contribution is 2.19. The number of rotatable bonds is 1. The summed E-state index contributed by atoms with van der Waals surface area (Å²) in [6.07, 6.45) is 0.910. The van der Waals surface area contributed by atoms with Gasteiger partial charge >= 0.3 is 6.09 Å². The second-order valence-electron chi connectivity index (χ2n) is 6.71. The molecule has 0 spiro atoms. The first-order chi connectivity index (χ1) is 8.85. The number of carbonyl (C=O) groups is 1. The maximum atomic E-state index is 12.0. The molecular weight excluding hydrogens is 242 g/mol. The molecule has 0 aliphatic carbocycles. The fraction of sp³-hybridized carbons (Fsp3) is 0.929. The molecule has 0 N–H and O–H groups in total. The number of carbonyl (C=O) groups excluding carboxylic acids is 1. The predicted molar refractivity (Wildman–Crippen MR) is 75.3 cm³/mol. The molecule has 0 aromatic carbocycles. The number of piperazine rings is 1. The zero-order valence-electron chi connectivity index (χ0n) is 12.7. The number of likely N-dealkylation sites (N-methyl/N-ethyl adjacent to an activating group) is 1. The van der Waals surface area contributed by atoms with Gasteiger partial charge in [0.1, 0.15) is 5.60 Å². The van der Waals surface area contributed by atoms with Crippen LogP contribution in [0.5, 0.6) is 0 Å². The van der Waals surface area contributed by atoms with Crippen molar-refractivity contribution < 1.29 is 9.53 Å². The number of likely N-dealkylation sites (tertiary alicyclic amines) is 1. The van der Waals surface area contributed by atoms with Gasteiger partial charge in [-0.15, -0.1) is 0 Å². The molecule has 110 valence electrons. The molecule has 1 atom stereocenters. The van der Waals surface area contributed by atoms with Gasteiger partial charge in [0.2, 0.25) is 0 Å². The minimum absolute atomic E-state index is 0.163. The molecule has 1 amide bonds. The van der Waals surface area contributed by atoms with Crippen molar-refractivity contribution in [3.63, 3.8) is 0 Å². The van der Waals surface area contributed by atoms with Gasteiger partial charge in [-0.3, -0.25) is 4.90 Å². The Bertz CT molecular complexity index is 319. The maximum Gasteiger partial charge on any atom is 0.410 e. The van der Waals surface area contributed by atoms with Crippen molar-refractivity contribution in [2.45, 2.75) is 38.8 Å². The SMILES string of the molecule is CN1CCN([C@@H]2CCN(C(=O)OC(C)(C)C)C2)CC1. The molecule has 2 saturated heterocycles. The highest BCUT2D eigenvalue weighted by Gasteiger charge is 2.33. The van der Waals surface area contributed by atoms with E-state index >= 15 is 0 Å². The van der Waals surface area contributed by atoms with Crippen LogP contribution >= 0.6 is 0 Å². The minimum Gasteiger partial charge on any atom is -0.444 e. The number of nitrogens with zero attached hydrogens (tertiary/aromatic N) is 3. The first-order valence-electron chi connectivity index (χ1n) is 7.26. The second-order valence-corrected chi connectivity index (χ2v) is 6.71. The van der Waals surface area contributed by atoms with Crippen LogP contribution in [0.1, 0.15) is 27.2 Å². The molecule has 0 aromatic heterocycles. The molecule has 0 radical (unpaired) electrons. The lowest BCUT2D eigenvalue weighted by Crippen LogP contribution is -2.50. The average molecular weight is 269 g/mol. The Morgan fingerprint density at radius 1 is 1.11 bits per heavy atom. The third-order valence-electron chi connectivity index (χ3n) is 3.87. The van der Waals surface area contributed by atoms with Crippen molar-refractivity contribution in [1.29, 1.82) is 0 Å². The van der Waals surface area contributed by atoms with E-state index in [1.807, 2.05) is 25.7 Å². The summed E-state index contributed by atoms with van der Waals surface area (Å²) >= 11 is 0. The third-order valence-corrected chi connectivity index (χ3v) is 3.87. The molecule has 2 aliphatic heterocycles. The number of hydrogen-bond acceptors (Lipinski definition) is 4. The Kier molecular flexibility index (Phi) is 4.36. The van der Waals surface area contributed by atoms with Gasteiger partial charge in [0, 0.05) is 45.3 Å². The molecule has 2 fully saturated rings. The Morgan fingerprint density at radius 2 is 1.74 bits per heavy atom. The molecule has 5 nitrogen and oxygen atoms in total. The standard InChI is InChI=1S/C14H27N3O2/c1-14(2,3)19-13(18)17-6-5-12(11-17)16-9-7-15(4)8-10-16/h12H,5-11H2,1-4H3/t12-/m1/s1. The molecule has 2 aliphatic rings. The monoisotopic (exact) mass is 269 g/mol. The summed E-state index contributed by atoms with van der Waals surface area (Å²) < 4.78 is 5.43. The van der Waals surface area contributed by atoms with E-state index in [2.05, 4.69) is 16.8 Å². The molecule has 5 heteroatoms. The van der Waals surface area contributed by atoms with Gasteiger partial charge in [-0.25, -0.2) is 4.79 Å². The summed E-state index contributed by atoms with van der Waals surface area (Å²) in [6.45, 7) is 11.9. The molecule has 0 aromatic rings. The van der Waals surface area contributed by atoms with Gasteiger partial charge in [0.25, 0.3) is 0 Å². The third kappa shape index (κ3) is 4.08. The summed E-state index contributed by atoms with van der Waals surface area (Å²) in [7, 11) is 2.17. The fourth-order valence-electron chi connectivity index (χ4n) is 2.72. The van der Waals surface area contributed by atoms with Gasteiger partial charge < -0.3 is 14.5 Å². The van der Waals surface area contributed by atoms with Crippen molar-refractivity contribution in [1.82, 2.24) is 14.7 Å². The number of ether oxygens (including phenoxy) is 1. The topological polar surface area (TPSA) is 36.0 Å². The van der Waals surface area contributed by atoms with Gasteiger partial charge in [0.05, 0.1) is 0 Å². The van der Waals surface area contributed by atoms with E-state index in [0.717, 1.165) is 45.7 Å². The largest absolute Gasteiger partial charge is 0.444 e. The molecule has 0 unspecified atom stereocenters. The minimum atomic E-state index is -0.400. The van der Waals surface area contributed by atoms with Crippen LogP contribution in [-0.4, -0.2) is 78.8 Å². The van der Waals surface area contributed by atoms with Crippen LogP contribution in [0.15, 0.2) is 0 Å². The lowest BCUT2D eigenvalue weighted by Gasteiger charge is -2.36. The Labute approximate surface area is 116 Å². The van der Waals surface area contributed by atoms with Crippen LogP contribution in [0.2, 0.25) is 0 Å². The molecule has 0 bridgehead atoms. The molecule has 19 heavy (non-hydrogen) atoms. The van der Waals surface area contributed by atoms with E-state index in [1.54, 1.807) is 0 Å². The average Bonchev–Trinajstić information content (AvgIpc) is 2.77. The summed E-state index contributed by atoms with van der Waals surface area (Å²) in [5, 5.41) is 0. The number of hydrogen-bond donors (Lipinski definition) is 0. The lowest BCUT2D eigenvalue weighted by molar-refractivity contribution is 0.0272. The van der Waals surface area contributed by atoms with Gasteiger partial charge in [0.15, 0.2) is 0 Å². The molecule has 2 heterocycles. The Morgan fingerprint density at radius 3 is 2.32 bits per heavy atom. The first-order valence-corrected chi connectivity index (χ1v) is 7.26. The van der Waals surface area contributed by atoms with Crippen LogP contribution < -0.4 is 0 Å². The van der Waals surface area contributed by atoms with Crippen LogP contribution in [0.3, 0.4) is 0 Å². The van der Waals surface area contributed by atoms with Crippen molar-refractivity contribution in [2.75, 3.05) is 46.3 Å². The van der Waals surface area contributed by atoms with E-state index in [-0.39, 0.29) is 6.09 Å². The van der Waals surface area contributed by atoms with E-state index in [9.17, 15) is 4.79 Å². The van der Waals surface area contributed by atoms with Crippen LogP contribution in [0.4, 0.5) is 4.79 Å². The van der Waals surface area contributed by atoms with Gasteiger partial charge in [-0.05, 0) is 34.2 Å². The van der Waals surface area contributed by atoms with E-state index in [4.69, 9.17) is 4.74 Å². The van der Waals surface area contributed by atoms with E-state index < -0.39 is 5.60 Å². The van der Waals surface area contributed by atoms with Crippen LogP contribution in [0, 0.1) is 0 Å². The van der Waals surface area contributed by atoms with Crippen LogP contribution in [-0.2, 0) is 4.74 Å². The maximum absolute atomic E-state index is 12.0. The summed E-state index contributed by atoms with van der Waals surface area (Å²) in [6, 6.07) is 0.515.